The first kappa shape index (κ1) is 18.0. The molecule has 0 bridgehead atoms. The van der Waals surface area contributed by atoms with Crippen molar-refractivity contribution in [3.63, 3.8) is 0 Å². The minimum absolute atomic E-state index is 0.210. The van der Waals surface area contributed by atoms with E-state index in [0.29, 0.717) is 0 Å². The van der Waals surface area contributed by atoms with E-state index in [1.54, 1.807) is 0 Å². The molecule has 3 rings (SSSR count). The number of nitrogens with zero attached hydrogens (tertiary/aromatic N) is 6. The van der Waals surface area contributed by atoms with Crippen LogP contribution >= 0.6 is 11.5 Å². The molecule has 1 saturated heterocycles. The number of anilines is 1. The molecule has 136 valence electrons. The zero-order valence-corrected chi connectivity index (χ0v) is 16.2. The second-order valence-electron chi connectivity index (χ2n) is 6.87. The Labute approximate surface area is 153 Å². The van der Waals surface area contributed by atoms with Crippen LogP contribution in [-0.4, -0.2) is 71.5 Å². The van der Waals surface area contributed by atoms with Crippen LogP contribution in [0.15, 0.2) is 18.3 Å². The molecule has 8 heteroatoms. The molecule has 25 heavy (non-hydrogen) atoms. The molecule has 1 fully saturated rings. The third-order valence-electron chi connectivity index (χ3n) is 4.00. The van der Waals surface area contributed by atoms with Crippen LogP contribution in [0.1, 0.15) is 17.9 Å². The molecule has 0 aliphatic carbocycles. The Morgan fingerprint density at radius 1 is 1.32 bits per heavy atom. The van der Waals surface area contributed by atoms with Gasteiger partial charge in [0, 0.05) is 57.5 Å². The third kappa shape index (κ3) is 5.10. The highest BCUT2D eigenvalue weighted by Gasteiger charge is 2.25. The molecule has 0 amide bonds. The molecule has 2 aromatic rings. The maximum Gasteiger partial charge on any atom is 0.204 e. The molecule has 1 aliphatic heterocycles. The van der Waals surface area contributed by atoms with Gasteiger partial charge in [-0.15, -0.1) is 0 Å². The van der Waals surface area contributed by atoms with E-state index in [1.165, 1.54) is 11.5 Å². The van der Waals surface area contributed by atoms with Crippen LogP contribution in [0.2, 0.25) is 0 Å². The second-order valence-corrected chi connectivity index (χ2v) is 7.60. The average Bonchev–Trinajstić information content (AvgIpc) is 3.17. The summed E-state index contributed by atoms with van der Waals surface area (Å²) in [5.74, 6) is 1.80. The zero-order valence-electron chi connectivity index (χ0n) is 15.3. The molecule has 0 saturated carbocycles. The lowest BCUT2D eigenvalue weighted by atomic mass is 10.3. The molecule has 0 aromatic carbocycles. The van der Waals surface area contributed by atoms with Gasteiger partial charge < -0.3 is 14.5 Å². The first-order chi connectivity index (χ1) is 12.0. The quantitative estimate of drug-likeness (QED) is 0.743. The summed E-state index contributed by atoms with van der Waals surface area (Å²) >= 11 is 1.45. The molecule has 1 unspecified atom stereocenters. The molecule has 0 N–H and O–H groups in total. The Bertz CT molecular complexity index is 689. The summed E-state index contributed by atoms with van der Waals surface area (Å²) in [5, 5.41) is 0.951. The minimum Gasteiger partial charge on any atom is -0.489 e. The van der Waals surface area contributed by atoms with Crippen LogP contribution in [-0.2, 0) is 13.1 Å². The van der Waals surface area contributed by atoms with Gasteiger partial charge in [0.25, 0.3) is 0 Å². The minimum atomic E-state index is 0.210. The van der Waals surface area contributed by atoms with Gasteiger partial charge in [-0.25, -0.2) is 4.98 Å². The number of hydrogen-bond acceptors (Lipinski definition) is 8. The summed E-state index contributed by atoms with van der Waals surface area (Å²) in [6, 6.07) is 3.97. The average molecular weight is 363 g/mol. The molecular weight excluding hydrogens is 336 g/mol. The number of likely N-dealkylation sites (tertiary alicyclic amines) is 1. The lowest BCUT2D eigenvalue weighted by molar-refractivity contribution is 0.197. The van der Waals surface area contributed by atoms with Crippen LogP contribution in [0.5, 0.6) is 5.75 Å². The Kier molecular flexibility index (Phi) is 5.82. The molecular formula is C17H26N6OS. The number of hydrogen-bond donors (Lipinski definition) is 0. The highest BCUT2D eigenvalue weighted by Crippen LogP contribution is 2.21. The van der Waals surface area contributed by atoms with Gasteiger partial charge in [0.1, 0.15) is 11.9 Å². The van der Waals surface area contributed by atoms with E-state index in [0.717, 1.165) is 55.0 Å². The molecule has 0 spiro atoms. The van der Waals surface area contributed by atoms with E-state index >= 15 is 0 Å². The van der Waals surface area contributed by atoms with E-state index in [9.17, 15) is 0 Å². The van der Waals surface area contributed by atoms with Crippen molar-refractivity contribution in [2.45, 2.75) is 25.6 Å². The summed E-state index contributed by atoms with van der Waals surface area (Å²) < 4.78 is 10.6. The fraction of sp³-hybridized carbons (Fsp3) is 0.588. The van der Waals surface area contributed by atoms with E-state index in [1.807, 2.05) is 51.4 Å². The standard InChI is InChI=1S/C17H26N6OS/c1-21(2)10-13-9-14(5-7-18-13)24-15-6-8-23(11-15)12-16-19-17(22(3)4)25-20-16/h5,7,9,15H,6,8,10-12H2,1-4H3. The number of pyridine rings is 1. The topological polar surface area (TPSA) is 57.6 Å². The predicted molar refractivity (Wildman–Crippen MR) is 100 cm³/mol. The smallest absolute Gasteiger partial charge is 0.204 e. The van der Waals surface area contributed by atoms with Gasteiger partial charge in [0.15, 0.2) is 5.82 Å². The van der Waals surface area contributed by atoms with Crippen molar-refractivity contribution in [3.05, 3.63) is 29.8 Å². The van der Waals surface area contributed by atoms with Gasteiger partial charge in [-0.3, -0.25) is 9.88 Å². The summed E-state index contributed by atoms with van der Waals surface area (Å²) in [6.45, 7) is 3.52. The molecule has 7 nitrogen and oxygen atoms in total. The van der Waals surface area contributed by atoms with Crippen molar-refractivity contribution in [1.29, 1.82) is 0 Å². The van der Waals surface area contributed by atoms with E-state index < -0.39 is 0 Å². The Hall–Kier alpha value is -1.77. The van der Waals surface area contributed by atoms with Crippen molar-refractivity contribution in [1.82, 2.24) is 24.1 Å². The lowest BCUT2D eigenvalue weighted by Crippen LogP contribution is -2.25. The Morgan fingerprint density at radius 2 is 2.16 bits per heavy atom. The molecule has 0 radical (unpaired) electrons. The van der Waals surface area contributed by atoms with Gasteiger partial charge in [0.2, 0.25) is 5.13 Å². The van der Waals surface area contributed by atoms with Gasteiger partial charge in [-0.2, -0.15) is 4.37 Å². The normalized spacial score (nSPS) is 18.0. The van der Waals surface area contributed by atoms with Gasteiger partial charge >= 0.3 is 0 Å². The maximum atomic E-state index is 6.16. The van der Waals surface area contributed by atoms with Crippen molar-refractivity contribution in [3.8, 4) is 5.75 Å². The second kappa shape index (κ2) is 8.07. The lowest BCUT2D eigenvalue weighted by Gasteiger charge is -2.16. The Morgan fingerprint density at radius 3 is 2.88 bits per heavy atom. The summed E-state index contributed by atoms with van der Waals surface area (Å²) in [4.78, 5) is 15.4. The van der Waals surface area contributed by atoms with Crippen molar-refractivity contribution in [2.24, 2.45) is 0 Å². The fourth-order valence-electron chi connectivity index (χ4n) is 2.86. The highest BCUT2D eigenvalue weighted by molar-refractivity contribution is 7.09. The third-order valence-corrected chi connectivity index (χ3v) is 4.92. The van der Waals surface area contributed by atoms with Crippen LogP contribution in [0, 0.1) is 0 Å². The SMILES string of the molecule is CN(C)Cc1cc(OC2CCN(Cc3nsc(N(C)C)n3)C2)ccn1. The highest BCUT2D eigenvalue weighted by atomic mass is 32.1. The van der Waals surface area contributed by atoms with Gasteiger partial charge in [-0.05, 0) is 26.6 Å². The van der Waals surface area contributed by atoms with Crippen LogP contribution in [0.3, 0.4) is 0 Å². The van der Waals surface area contributed by atoms with Gasteiger partial charge in [-0.1, -0.05) is 0 Å². The first-order valence-corrected chi connectivity index (χ1v) is 9.25. The van der Waals surface area contributed by atoms with E-state index in [4.69, 9.17) is 4.74 Å². The monoisotopic (exact) mass is 362 g/mol. The maximum absolute atomic E-state index is 6.16. The first-order valence-electron chi connectivity index (χ1n) is 8.48. The van der Waals surface area contributed by atoms with Crippen molar-refractivity contribution >= 4 is 16.7 Å². The summed E-state index contributed by atoms with van der Waals surface area (Å²) in [5.41, 5.74) is 1.03. The summed E-state index contributed by atoms with van der Waals surface area (Å²) in [6.07, 6.45) is 3.06. The molecule has 1 aliphatic rings. The number of rotatable bonds is 7. The van der Waals surface area contributed by atoms with E-state index in [-0.39, 0.29) is 6.10 Å². The van der Waals surface area contributed by atoms with Gasteiger partial charge in [0.05, 0.1) is 12.2 Å². The summed E-state index contributed by atoms with van der Waals surface area (Å²) in [7, 11) is 8.06. The molecule has 1 atom stereocenters. The predicted octanol–water partition coefficient (Wildman–Crippen LogP) is 1.71. The molecule has 3 heterocycles. The largest absolute Gasteiger partial charge is 0.489 e. The van der Waals surface area contributed by atoms with Crippen LogP contribution in [0.4, 0.5) is 5.13 Å². The molecule has 2 aromatic heterocycles. The zero-order chi connectivity index (χ0) is 17.8. The van der Waals surface area contributed by atoms with E-state index in [2.05, 4.69) is 24.1 Å². The Balaban J connectivity index is 1.52. The van der Waals surface area contributed by atoms with Crippen molar-refractivity contribution in [2.75, 3.05) is 46.2 Å². The van der Waals surface area contributed by atoms with Crippen LogP contribution in [0.25, 0.3) is 0 Å². The number of ether oxygens (including phenoxy) is 1. The fourth-order valence-corrected chi connectivity index (χ4v) is 3.45. The van der Waals surface area contributed by atoms with Crippen molar-refractivity contribution < 1.29 is 4.74 Å². The number of aromatic nitrogens is 3. The van der Waals surface area contributed by atoms with Crippen LogP contribution < -0.4 is 9.64 Å².